The van der Waals surface area contributed by atoms with Gasteiger partial charge in [0.15, 0.2) is 0 Å². The standard InChI is InChI=1S/C12H10.3C10H8.3C7H8.C6H6.10C2H6/c1-3-7-11(8-4-1)12-9-5-2-6-10-12;3*1-2-6-10-8-4-3-7-9(10)5-1;3*1-7-5-3-2-4-6-7;1-2-4-6-5-3-1;10*1-2/h1-10H;3*1-8H;3*2-6H,1H3;1-6H;10*1-2H3. The van der Waals surface area contributed by atoms with Crippen molar-refractivity contribution in [1.29, 1.82) is 0 Å². The third-order valence-corrected chi connectivity index (χ3v) is 10.3. The monoisotopic (exact) mass is 1190 g/mol. The quantitative estimate of drug-likeness (QED) is 0.154. The summed E-state index contributed by atoms with van der Waals surface area (Å²) < 4.78 is 0. The van der Waals surface area contributed by atoms with Gasteiger partial charge in [0.2, 0.25) is 0 Å². The summed E-state index contributed by atoms with van der Waals surface area (Å²) >= 11 is 0. The molecule has 0 heterocycles. The van der Waals surface area contributed by atoms with E-state index in [2.05, 4.69) is 251 Å². The minimum Gasteiger partial charge on any atom is -0.0683 e. The Morgan fingerprint density at radius 3 is 0.303 bits per heavy atom. The van der Waals surface area contributed by atoms with Crippen LogP contribution in [0.5, 0.6) is 0 Å². The Balaban J connectivity index is -0.000000214. The van der Waals surface area contributed by atoms with Crippen molar-refractivity contribution in [2.75, 3.05) is 0 Å². The third-order valence-electron chi connectivity index (χ3n) is 10.3. The minimum absolute atomic E-state index is 1.28. The van der Waals surface area contributed by atoms with Crippen LogP contribution >= 0.6 is 0 Å². The predicted molar refractivity (Wildman–Crippen MR) is 417 cm³/mol. The molecule has 0 bridgehead atoms. The molecule has 0 aromatic heterocycles. The molecule has 0 fully saturated rings. The fourth-order valence-corrected chi connectivity index (χ4v) is 6.65. The van der Waals surface area contributed by atoms with Crippen molar-refractivity contribution in [3.8, 4) is 11.1 Å². The summed E-state index contributed by atoms with van der Waals surface area (Å²) in [7, 11) is 0. The molecule has 0 heteroatoms. The molecule has 89 heavy (non-hydrogen) atoms. The molecule has 0 spiro atoms. The predicted octanol–water partition coefficient (Wildman–Crippen LogP) is 29.8. The molecule has 0 saturated heterocycles. The van der Waals surface area contributed by atoms with E-state index in [1.54, 1.807) is 0 Å². The molecule has 0 nitrogen and oxygen atoms in total. The molecule has 0 saturated carbocycles. The van der Waals surface area contributed by atoms with Gasteiger partial charge in [0.25, 0.3) is 0 Å². The van der Waals surface area contributed by atoms with Gasteiger partial charge in [-0.15, -0.1) is 0 Å². The number of hydrogen-bond donors (Lipinski definition) is 0. The summed E-state index contributed by atoms with van der Waals surface area (Å²) in [4.78, 5) is 0. The minimum atomic E-state index is 1.28. The van der Waals surface area contributed by atoms with Gasteiger partial charge in [-0.1, -0.05) is 489 Å². The van der Waals surface area contributed by atoms with E-state index in [4.69, 9.17) is 0 Å². The largest absolute Gasteiger partial charge is 0.0683 e. The lowest BCUT2D eigenvalue weighted by atomic mass is 10.1. The summed E-state index contributed by atoms with van der Waals surface area (Å²) in [6.45, 7) is 46.3. The van der Waals surface area contributed by atoms with Gasteiger partial charge in [0, 0.05) is 0 Å². The first-order valence-electron chi connectivity index (χ1n) is 33.5. The number of hydrogen-bond acceptors (Lipinski definition) is 0. The van der Waals surface area contributed by atoms with Crippen LogP contribution in [0.4, 0.5) is 0 Å². The molecule has 12 aromatic rings. The summed E-state index contributed by atoms with van der Waals surface area (Å²) in [6, 6.07) is 114. The highest BCUT2D eigenvalue weighted by atomic mass is 14.0. The fraction of sp³-hybridized carbons (Fsp3) is 0.258. The molecule has 0 aliphatic rings. The number of fused-ring (bicyclic) bond motifs is 3. The van der Waals surface area contributed by atoms with E-state index >= 15 is 0 Å². The van der Waals surface area contributed by atoms with Crippen molar-refractivity contribution >= 4 is 32.3 Å². The maximum Gasteiger partial charge on any atom is -0.0184 e. The highest BCUT2D eigenvalue weighted by Gasteiger charge is 1.92. The van der Waals surface area contributed by atoms with Crippen LogP contribution in [-0.2, 0) is 0 Å². The molecule has 0 radical (unpaired) electrons. The van der Waals surface area contributed by atoms with Crippen molar-refractivity contribution < 1.29 is 0 Å². The number of rotatable bonds is 1. The van der Waals surface area contributed by atoms with Crippen LogP contribution in [0.3, 0.4) is 0 Å². The normalized spacial score (nSPS) is 7.94. The van der Waals surface area contributed by atoms with E-state index in [0.717, 1.165) is 0 Å². The van der Waals surface area contributed by atoms with Crippen molar-refractivity contribution in [1.82, 2.24) is 0 Å². The summed E-state index contributed by atoms with van der Waals surface area (Å²) in [5, 5.41) is 7.86. The molecular weight excluding hydrogens is 1070 g/mol. The Bertz CT molecular complexity index is 2580. The zero-order valence-electron chi connectivity index (χ0n) is 60.3. The van der Waals surface area contributed by atoms with Gasteiger partial charge in [-0.25, -0.2) is 0 Å². The first-order chi connectivity index (χ1) is 44.0. The van der Waals surface area contributed by atoms with Crippen molar-refractivity contribution in [3.63, 3.8) is 0 Å². The van der Waals surface area contributed by atoms with Gasteiger partial charge in [0.1, 0.15) is 0 Å². The topological polar surface area (TPSA) is 0 Å². The highest BCUT2D eigenvalue weighted by Crippen LogP contribution is 2.17. The Morgan fingerprint density at radius 2 is 0.202 bits per heavy atom. The molecule has 480 valence electrons. The van der Waals surface area contributed by atoms with E-state index in [1.165, 1.54) is 60.1 Å². The Morgan fingerprint density at radius 1 is 0.112 bits per heavy atom. The molecule has 0 amide bonds. The molecule has 0 aliphatic heterocycles. The zero-order chi connectivity index (χ0) is 68.2. The van der Waals surface area contributed by atoms with Gasteiger partial charge in [-0.05, 0) is 64.2 Å². The van der Waals surface area contributed by atoms with Crippen molar-refractivity contribution in [2.24, 2.45) is 0 Å². The van der Waals surface area contributed by atoms with Crippen molar-refractivity contribution in [2.45, 2.75) is 159 Å². The first kappa shape index (κ1) is 91.6. The van der Waals surface area contributed by atoms with E-state index in [1.807, 2.05) is 242 Å². The van der Waals surface area contributed by atoms with Gasteiger partial charge in [-0.3, -0.25) is 0 Å². The van der Waals surface area contributed by atoms with Crippen LogP contribution in [0, 0.1) is 20.8 Å². The lowest BCUT2D eigenvalue weighted by Gasteiger charge is -1.98. The second-order valence-corrected chi connectivity index (χ2v) is 15.9. The maximum absolute atomic E-state index is 2.12. The van der Waals surface area contributed by atoms with E-state index in [9.17, 15) is 0 Å². The van der Waals surface area contributed by atoms with E-state index in [0.29, 0.717) is 0 Å². The summed E-state index contributed by atoms with van der Waals surface area (Å²) in [5.41, 5.74) is 6.52. The van der Waals surface area contributed by atoms with Gasteiger partial charge < -0.3 is 0 Å². The lowest BCUT2D eigenvalue weighted by molar-refractivity contribution is 1.48. The van der Waals surface area contributed by atoms with Crippen LogP contribution in [0.2, 0.25) is 0 Å². The summed E-state index contributed by atoms with van der Waals surface area (Å²) in [5.74, 6) is 0. The molecule has 0 aliphatic carbocycles. The molecular formula is C89H124. The van der Waals surface area contributed by atoms with Crippen molar-refractivity contribution in [3.05, 3.63) is 350 Å². The molecule has 0 N–H and O–H groups in total. The molecule has 12 aromatic carbocycles. The van der Waals surface area contributed by atoms with Crippen LogP contribution in [0.25, 0.3) is 43.4 Å². The van der Waals surface area contributed by atoms with Gasteiger partial charge >= 0.3 is 0 Å². The average Bonchev–Trinajstić information content (AvgIpc) is 3.81. The second kappa shape index (κ2) is 77.4. The third kappa shape index (κ3) is 52.3. The van der Waals surface area contributed by atoms with E-state index in [-0.39, 0.29) is 0 Å². The molecule has 0 atom stereocenters. The fourth-order valence-electron chi connectivity index (χ4n) is 6.65. The van der Waals surface area contributed by atoms with Crippen LogP contribution < -0.4 is 0 Å². The maximum atomic E-state index is 2.12. The highest BCUT2D eigenvalue weighted by molar-refractivity contribution is 5.83. The van der Waals surface area contributed by atoms with Gasteiger partial charge in [-0.2, -0.15) is 0 Å². The lowest BCUT2D eigenvalue weighted by Crippen LogP contribution is -1.73. The van der Waals surface area contributed by atoms with Crippen LogP contribution in [0.1, 0.15) is 155 Å². The van der Waals surface area contributed by atoms with Gasteiger partial charge in [0.05, 0.1) is 0 Å². The molecule has 12 rings (SSSR count). The zero-order valence-corrected chi connectivity index (χ0v) is 60.3. The Hall–Kier alpha value is -8.58. The SMILES string of the molecule is CC.CC.CC.CC.CC.CC.CC.CC.CC.CC.Cc1ccccc1.Cc1ccccc1.Cc1ccccc1.c1ccc(-c2ccccc2)cc1.c1ccc2ccccc2c1.c1ccc2ccccc2c1.c1ccc2ccccc2c1.c1ccccc1. The summed E-state index contributed by atoms with van der Waals surface area (Å²) in [6.07, 6.45) is 0. The smallest absolute Gasteiger partial charge is 0.0184 e. The average molecular weight is 1190 g/mol. The Labute approximate surface area is 549 Å². The van der Waals surface area contributed by atoms with Crippen LogP contribution in [0.15, 0.2) is 334 Å². The second-order valence-electron chi connectivity index (χ2n) is 15.9. The number of benzene rings is 12. The molecule has 0 unspecified atom stereocenters. The van der Waals surface area contributed by atoms with E-state index < -0.39 is 0 Å². The number of aryl methyl sites for hydroxylation is 3. The first-order valence-corrected chi connectivity index (χ1v) is 33.5. The van der Waals surface area contributed by atoms with Crippen LogP contribution in [-0.4, -0.2) is 0 Å². The Kier molecular flexibility index (Phi) is 79.7.